The molecule has 1 aromatic carbocycles. The van der Waals surface area contributed by atoms with Gasteiger partial charge in [-0.15, -0.1) is 0 Å². The van der Waals surface area contributed by atoms with Gasteiger partial charge in [0.2, 0.25) is 5.91 Å². The number of likely N-dealkylation sites (tertiary alicyclic amines) is 1. The van der Waals surface area contributed by atoms with Gasteiger partial charge in [0, 0.05) is 32.0 Å². The Kier molecular flexibility index (Phi) is 5.42. The van der Waals surface area contributed by atoms with Crippen LogP contribution in [0.15, 0.2) is 48.8 Å². The van der Waals surface area contributed by atoms with Gasteiger partial charge in [-0.25, -0.2) is 0 Å². The van der Waals surface area contributed by atoms with E-state index in [0.717, 1.165) is 26.2 Å². The second kappa shape index (κ2) is 7.92. The van der Waals surface area contributed by atoms with Gasteiger partial charge >= 0.3 is 0 Å². The number of nitrogens with one attached hydrogen (secondary N) is 1. The average Bonchev–Trinajstić information content (AvgIpc) is 3.07. The molecule has 0 saturated carbocycles. The third-order valence-corrected chi connectivity index (χ3v) is 4.30. The molecule has 23 heavy (non-hydrogen) atoms. The highest BCUT2D eigenvalue weighted by molar-refractivity contribution is 5.75. The molecule has 0 spiro atoms. The van der Waals surface area contributed by atoms with Crippen LogP contribution in [0.1, 0.15) is 18.4 Å². The maximum Gasteiger partial charge on any atom is 0.241 e. The molecule has 1 atom stereocenters. The highest BCUT2D eigenvalue weighted by atomic mass is 16.2. The second-order valence-electron chi connectivity index (χ2n) is 6.24. The van der Waals surface area contributed by atoms with E-state index in [-0.39, 0.29) is 5.91 Å². The minimum atomic E-state index is 0.0360. The number of rotatable bonds is 6. The summed E-state index contributed by atoms with van der Waals surface area (Å²) in [6.07, 6.45) is 5.89. The zero-order chi connectivity index (χ0) is 15.9. The molecule has 0 radical (unpaired) electrons. The molecule has 1 aromatic heterocycles. The van der Waals surface area contributed by atoms with Crippen molar-refractivity contribution in [2.75, 3.05) is 19.6 Å². The van der Waals surface area contributed by atoms with Crippen molar-refractivity contribution in [1.82, 2.24) is 20.0 Å². The normalized spacial score (nSPS) is 18.7. The first-order valence-corrected chi connectivity index (χ1v) is 8.30. The summed E-state index contributed by atoms with van der Waals surface area (Å²) in [4.78, 5) is 14.4. The highest BCUT2D eigenvalue weighted by Gasteiger charge is 2.20. The molecule has 1 N–H and O–H groups in total. The van der Waals surface area contributed by atoms with Crippen molar-refractivity contribution in [3.8, 4) is 0 Å². The molecule has 1 aliphatic rings. The molecule has 1 aliphatic heterocycles. The molecular weight excluding hydrogens is 288 g/mol. The van der Waals surface area contributed by atoms with Crippen LogP contribution in [0.25, 0.3) is 0 Å². The summed E-state index contributed by atoms with van der Waals surface area (Å²) in [7, 11) is 0. The topological polar surface area (TPSA) is 50.2 Å². The number of aromatic nitrogens is 2. The Balaban J connectivity index is 1.42. The molecule has 0 unspecified atom stereocenters. The Morgan fingerprint density at radius 1 is 1.26 bits per heavy atom. The maximum atomic E-state index is 11.9. The van der Waals surface area contributed by atoms with Crippen molar-refractivity contribution in [1.29, 1.82) is 0 Å². The summed E-state index contributed by atoms with van der Waals surface area (Å²) >= 11 is 0. The van der Waals surface area contributed by atoms with Crippen LogP contribution in [0.4, 0.5) is 0 Å². The van der Waals surface area contributed by atoms with E-state index < -0.39 is 0 Å². The van der Waals surface area contributed by atoms with Gasteiger partial charge < -0.3 is 5.32 Å². The smallest absolute Gasteiger partial charge is 0.241 e. The van der Waals surface area contributed by atoms with Crippen LogP contribution in [-0.4, -0.2) is 40.2 Å². The van der Waals surface area contributed by atoms with Crippen LogP contribution in [-0.2, 0) is 17.9 Å². The minimum Gasteiger partial charge on any atom is -0.354 e. The van der Waals surface area contributed by atoms with E-state index in [2.05, 4.69) is 45.6 Å². The van der Waals surface area contributed by atoms with Crippen molar-refractivity contribution in [3.05, 3.63) is 54.4 Å². The number of piperidine rings is 1. The zero-order valence-electron chi connectivity index (χ0n) is 13.4. The number of nitrogens with zero attached hydrogens (tertiary/aromatic N) is 3. The largest absolute Gasteiger partial charge is 0.354 e. The van der Waals surface area contributed by atoms with Gasteiger partial charge in [-0.3, -0.25) is 14.4 Å². The predicted octanol–water partition coefficient (Wildman–Crippen LogP) is 1.91. The van der Waals surface area contributed by atoms with Crippen LogP contribution in [0.2, 0.25) is 0 Å². The first-order chi connectivity index (χ1) is 11.3. The van der Waals surface area contributed by atoms with E-state index in [9.17, 15) is 4.79 Å². The molecule has 1 fully saturated rings. The van der Waals surface area contributed by atoms with Crippen molar-refractivity contribution < 1.29 is 4.79 Å². The molecule has 3 rings (SSSR count). The van der Waals surface area contributed by atoms with E-state index in [1.165, 1.54) is 18.4 Å². The first kappa shape index (κ1) is 15.7. The lowest BCUT2D eigenvalue weighted by Gasteiger charge is -2.32. The van der Waals surface area contributed by atoms with Gasteiger partial charge in [-0.1, -0.05) is 30.3 Å². The fourth-order valence-corrected chi connectivity index (χ4v) is 3.16. The van der Waals surface area contributed by atoms with E-state index in [0.29, 0.717) is 12.5 Å². The molecule has 5 nitrogen and oxygen atoms in total. The summed E-state index contributed by atoms with van der Waals surface area (Å²) in [6, 6.07) is 12.4. The van der Waals surface area contributed by atoms with E-state index in [1.807, 2.05) is 12.3 Å². The summed E-state index contributed by atoms with van der Waals surface area (Å²) < 4.78 is 1.65. The fourth-order valence-electron chi connectivity index (χ4n) is 3.16. The van der Waals surface area contributed by atoms with Gasteiger partial charge in [-0.05, 0) is 36.9 Å². The van der Waals surface area contributed by atoms with Gasteiger partial charge in [-0.2, -0.15) is 5.10 Å². The number of amides is 1. The molecule has 1 amide bonds. The third kappa shape index (κ3) is 4.93. The summed E-state index contributed by atoms with van der Waals surface area (Å²) in [5, 5.41) is 7.11. The zero-order valence-corrected chi connectivity index (χ0v) is 13.4. The molecule has 0 aliphatic carbocycles. The van der Waals surface area contributed by atoms with Crippen LogP contribution < -0.4 is 5.32 Å². The summed E-state index contributed by atoms with van der Waals surface area (Å²) in [5.74, 6) is 0.572. The molecule has 2 heterocycles. The highest BCUT2D eigenvalue weighted by Crippen LogP contribution is 2.18. The molecule has 2 aromatic rings. The van der Waals surface area contributed by atoms with E-state index in [4.69, 9.17) is 0 Å². The predicted molar refractivity (Wildman–Crippen MR) is 89.7 cm³/mol. The Morgan fingerprint density at radius 3 is 2.91 bits per heavy atom. The van der Waals surface area contributed by atoms with Crippen molar-refractivity contribution in [2.24, 2.45) is 5.92 Å². The second-order valence-corrected chi connectivity index (χ2v) is 6.24. The number of hydrogen-bond donors (Lipinski definition) is 1. The minimum absolute atomic E-state index is 0.0360. The van der Waals surface area contributed by atoms with Crippen LogP contribution >= 0.6 is 0 Å². The van der Waals surface area contributed by atoms with Crippen molar-refractivity contribution in [3.63, 3.8) is 0 Å². The van der Waals surface area contributed by atoms with Crippen molar-refractivity contribution >= 4 is 5.91 Å². The third-order valence-electron chi connectivity index (χ3n) is 4.30. The monoisotopic (exact) mass is 312 g/mol. The fraction of sp³-hybridized carbons (Fsp3) is 0.444. The number of carbonyl (C=O) groups excluding carboxylic acids is 1. The lowest BCUT2D eigenvalue weighted by molar-refractivity contribution is -0.122. The van der Waals surface area contributed by atoms with Crippen molar-refractivity contribution in [2.45, 2.75) is 25.9 Å². The Bertz CT molecular complexity index is 597. The first-order valence-electron chi connectivity index (χ1n) is 8.30. The van der Waals surface area contributed by atoms with Gasteiger partial charge in [0.25, 0.3) is 0 Å². The molecule has 0 bridgehead atoms. The van der Waals surface area contributed by atoms with Gasteiger partial charge in [0.15, 0.2) is 0 Å². The Labute approximate surface area is 137 Å². The maximum absolute atomic E-state index is 11.9. The number of hydrogen-bond acceptors (Lipinski definition) is 3. The number of benzene rings is 1. The van der Waals surface area contributed by atoms with Gasteiger partial charge in [0.05, 0.1) is 0 Å². The van der Waals surface area contributed by atoms with Crippen LogP contribution in [0.5, 0.6) is 0 Å². The average molecular weight is 312 g/mol. The van der Waals surface area contributed by atoms with E-state index in [1.54, 1.807) is 10.9 Å². The lowest BCUT2D eigenvalue weighted by Crippen LogP contribution is -2.41. The number of carbonyl (C=O) groups is 1. The Hall–Kier alpha value is -2.14. The molecule has 122 valence electrons. The standard InChI is InChI=1S/C18H24N4O/c23-18(15-22-11-5-9-20-22)19-12-17-8-4-10-21(14-17)13-16-6-2-1-3-7-16/h1-3,5-7,9,11,17H,4,8,10,12-15H2,(H,19,23)/t17-/m0/s1. The van der Waals surface area contributed by atoms with Crippen LogP contribution in [0.3, 0.4) is 0 Å². The summed E-state index contributed by atoms with van der Waals surface area (Å²) in [6.45, 7) is 4.25. The molecule has 1 saturated heterocycles. The van der Waals surface area contributed by atoms with Gasteiger partial charge in [0.1, 0.15) is 6.54 Å². The SMILES string of the molecule is O=C(Cn1cccn1)NC[C@@H]1CCCN(Cc2ccccc2)C1. The Morgan fingerprint density at radius 2 is 2.13 bits per heavy atom. The lowest BCUT2D eigenvalue weighted by atomic mass is 9.97. The summed E-state index contributed by atoms with van der Waals surface area (Å²) in [5.41, 5.74) is 1.36. The molecule has 5 heteroatoms. The molecular formula is C18H24N4O. The quantitative estimate of drug-likeness (QED) is 0.886. The van der Waals surface area contributed by atoms with Crippen LogP contribution in [0, 0.1) is 5.92 Å². The van der Waals surface area contributed by atoms with E-state index >= 15 is 0 Å².